The van der Waals surface area contributed by atoms with Crippen molar-refractivity contribution < 1.29 is 14.7 Å². The molecule has 0 radical (unpaired) electrons. The van der Waals surface area contributed by atoms with E-state index in [2.05, 4.69) is 13.0 Å². The average Bonchev–Trinajstić information content (AvgIpc) is 3.07. The Morgan fingerprint density at radius 1 is 1.27 bits per heavy atom. The lowest BCUT2D eigenvalue weighted by Gasteiger charge is -2.29. The zero-order chi connectivity index (χ0) is 15.7. The molecule has 1 heterocycles. The number of hydrogen-bond acceptors (Lipinski definition) is 2. The lowest BCUT2D eigenvalue weighted by molar-refractivity contribution is -0.150. The van der Waals surface area contributed by atoms with E-state index >= 15 is 0 Å². The van der Waals surface area contributed by atoms with Gasteiger partial charge in [0.25, 0.3) is 0 Å². The van der Waals surface area contributed by atoms with E-state index in [0.29, 0.717) is 25.8 Å². The van der Waals surface area contributed by atoms with E-state index in [0.717, 1.165) is 24.8 Å². The topological polar surface area (TPSA) is 57.6 Å². The van der Waals surface area contributed by atoms with Gasteiger partial charge in [-0.25, -0.2) is 0 Å². The summed E-state index contributed by atoms with van der Waals surface area (Å²) in [7, 11) is 0. The van der Waals surface area contributed by atoms with Crippen LogP contribution in [0.3, 0.4) is 0 Å². The van der Waals surface area contributed by atoms with Crippen molar-refractivity contribution in [1.82, 2.24) is 4.90 Å². The number of carboxylic acid groups (broad SMARTS) is 1. The predicted molar refractivity (Wildman–Crippen MR) is 83.6 cm³/mol. The first-order valence-corrected chi connectivity index (χ1v) is 8.18. The fraction of sp³-hybridized carbons (Fsp3) is 0.556. The Morgan fingerprint density at radius 3 is 2.68 bits per heavy atom. The van der Waals surface area contributed by atoms with Crippen LogP contribution in [0.5, 0.6) is 0 Å². The van der Waals surface area contributed by atoms with Gasteiger partial charge in [0.2, 0.25) is 5.91 Å². The van der Waals surface area contributed by atoms with E-state index in [1.54, 1.807) is 0 Å². The van der Waals surface area contributed by atoms with Gasteiger partial charge >= 0.3 is 5.97 Å². The highest BCUT2D eigenvalue weighted by molar-refractivity contribution is 5.83. The smallest absolute Gasteiger partial charge is 0.311 e. The van der Waals surface area contributed by atoms with Crippen LogP contribution in [0.2, 0.25) is 0 Å². The summed E-state index contributed by atoms with van der Waals surface area (Å²) >= 11 is 0. The summed E-state index contributed by atoms with van der Waals surface area (Å²) in [5.41, 5.74) is 1.59. The van der Waals surface area contributed by atoms with E-state index in [1.165, 1.54) is 5.56 Å². The van der Waals surface area contributed by atoms with Crippen LogP contribution < -0.4 is 0 Å². The molecule has 4 nitrogen and oxygen atoms in total. The summed E-state index contributed by atoms with van der Waals surface area (Å²) in [4.78, 5) is 26.3. The third-order valence-electron chi connectivity index (χ3n) is 5.50. The van der Waals surface area contributed by atoms with Crippen molar-refractivity contribution in [2.24, 2.45) is 5.41 Å². The zero-order valence-corrected chi connectivity index (χ0v) is 13.0. The summed E-state index contributed by atoms with van der Waals surface area (Å²) in [6, 6.07) is 7.92. The monoisotopic (exact) mass is 301 g/mol. The molecule has 0 spiro atoms. The number of benzene rings is 1. The predicted octanol–water partition coefficient (Wildman–Crippen LogP) is 2.65. The van der Waals surface area contributed by atoms with Crippen LogP contribution >= 0.6 is 0 Å². The Bertz CT molecular complexity index is 598. The molecule has 1 N–H and O–H groups in total. The molecule has 1 saturated carbocycles. The fourth-order valence-corrected chi connectivity index (χ4v) is 4.27. The average molecular weight is 301 g/mol. The maximum Gasteiger partial charge on any atom is 0.311 e. The molecule has 2 fully saturated rings. The lowest BCUT2D eigenvalue weighted by Crippen LogP contribution is -2.43. The van der Waals surface area contributed by atoms with Gasteiger partial charge in [-0.2, -0.15) is 0 Å². The molecule has 0 aromatic heterocycles. The number of likely N-dealkylation sites (tertiary alicyclic amines) is 1. The Morgan fingerprint density at radius 2 is 2.00 bits per heavy atom. The van der Waals surface area contributed by atoms with Crippen LogP contribution in [-0.2, 0) is 22.4 Å². The van der Waals surface area contributed by atoms with E-state index in [4.69, 9.17) is 0 Å². The van der Waals surface area contributed by atoms with Crippen LogP contribution in [0.25, 0.3) is 0 Å². The number of carboxylic acids is 1. The highest BCUT2D eigenvalue weighted by atomic mass is 16.4. The molecule has 1 amide bonds. The molecule has 3 rings (SSSR count). The minimum atomic E-state index is -0.723. The van der Waals surface area contributed by atoms with Crippen molar-refractivity contribution >= 4 is 11.9 Å². The quantitative estimate of drug-likeness (QED) is 0.930. The lowest BCUT2D eigenvalue weighted by atomic mass is 9.82. The molecular weight excluding hydrogens is 278 g/mol. The normalized spacial score (nSPS) is 27.0. The first kappa shape index (κ1) is 15.1. The molecule has 2 aliphatic rings. The molecule has 1 saturated heterocycles. The van der Waals surface area contributed by atoms with Gasteiger partial charge in [0.15, 0.2) is 0 Å². The van der Waals surface area contributed by atoms with Gasteiger partial charge in [-0.05, 0) is 36.8 Å². The minimum absolute atomic E-state index is 0.0796. The second kappa shape index (κ2) is 5.75. The maximum absolute atomic E-state index is 12.7. The van der Waals surface area contributed by atoms with E-state index < -0.39 is 11.4 Å². The van der Waals surface area contributed by atoms with Crippen molar-refractivity contribution in [2.45, 2.75) is 51.5 Å². The Hall–Kier alpha value is -1.84. The molecule has 0 unspecified atom stereocenters. The minimum Gasteiger partial charge on any atom is -0.481 e. The largest absolute Gasteiger partial charge is 0.481 e. The van der Waals surface area contributed by atoms with E-state index in [9.17, 15) is 14.7 Å². The first-order chi connectivity index (χ1) is 10.6. The second-order valence-corrected chi connectivity index (χ2v) is 6.51. The standard InChI is InChI=1S/C18H23NO3/c1-2-13-6-3-4-7-14(13)12-16(20)19-11-10-18(17(21)22)9-5-8-15(18)19/h3-4,6-7,15H,2,5,8-12H2,1H3,(H,21,22)/t15-,18+/m0/s1. The molecule has 1 aliphatic carbocycles. The molecule has 22 heavy (non-hydrogen) atoms. The highest BCUT2D eigenvalue weighted by Gasteiger charge is 2.56. The Balaban J connectivity index is 1.78. The molecule has 1 aromatic rings. The number of hydrogen-bond donors (Lipinski definition) is 1. The molecular formula is C18H23NO3. The number of fused-ring (bicyclic) bond motifs is 1. The second-order valence-electron chi connectivity index (χ2n) is 6.51. The van der Waals surface area contributed by atoms with Crippen molar-refractivity contribution in [3.05, 3.63) is 35.4 Å². The van der Waals surface area contributed by atoms with Crippen molar-refractivity contribution in [2.75, 3.05) is 6.54 Å². The van der Waals surface area contributed by atoms with Crippen molar-refractivity contribution in [3.63, 3.8) is 0 Å². The van der Waals surface area contributed by atoms with Gasteiger partial charge in [-0.1, -0.05) is 37.6 Å². The molecule has 1 aromatic carbocycles. The molecule has 2 atom stereocenters. The number of carbonyl (C=O) groups excluding carboxylic acids is 1. The van der Waals surface area contributed by atoms with Gasteiger partial charge in [-0.3, -0.25) is 9.59 Å². The number of rotatable bonds is 4. The van der Waals surface area contributed by atoms with Crippen LogP contribution in [0, 0.1) is 5.41 Å². The number of aryl methyl sites for hydroxylation is 1. The number of nitrogens with zero attached hydrogens (tertiary/aromatic N) is 1. The van der Waals surface area contributed by atoms with Crippen LogP contribution in [0.4, 0.5) is 0 Å². The number of aliphatic carboxylic acids is 1. The summed E-state index contributed by atoms with van der Waals surface area (Å²) < 4.78 is 0. The van der Waals surface area contributed by atoms with Gasteiger partial charge in [-0.15, -0.1) is 0 Å². The van der Waals surface area contributed by atoms with Gasteiger partial charge < -0.3 is 10.0 Å². The summed E-state index contributed by atoms with van der Waals surface area (Å²) in [5.74, 6) is -0.643. The number of amides is 1. The highest BCUT2D eigenvalue weighted by Crippen LogP contribution is 2.49. The van der Waals surface area contributed by atoms with E-state index in [1.807, 2.05) is 23.1 Å². The SMILES string of the molecule is CCc1ccccc1CC(=O)N1CC[C@]2(C(=O)O)CCC[C@H]12. The zero-order valence-electron chi connectivity index (χ0n) is 13.0. The van der Waals surface area contributed by atoms with Crippen molar-refractivity contribution in [1.29, 1.82) is 0 Å². The molecule has 0 bridgehead atoms. The van der Waals surface area contributed by atoms with Crippen LogP contribution in [0.15, 0.2) is 24.3 Å². The third-order valence-corrected chi connectivity index (χ3v) is 5.50. The van der Waals surface area contributed by atoms with Gasteiger partial charge in [0.05, 0.1) is 11.8 Å². The summed E-state index contributed by atoms with van der Waals surface area (Å²) in [6.07, 6.45) is 4.35. The van der Waals surface area contributed by atoms with Gasteiger partial charge in [0.1, 0.15) is 0 Å². The third kappa shape index (κ3) is 2.31. The molecule has 118 valence electrons. The molecule has 4 heteroatoms. The van der Waals surface area contributed by atoms with Gasteiger partial charge in [0, 0.05) is 12.6 Å². The summed E-state index contributed by atoms with van der Waals surface area (Å²) in [5, 5.41) is 9.61. The first-order valence-electron chi connectivity index (χ1n) is 8.18. The van der Waals surface area contributed by atoms with Crippen LogP contribution in [0.1, 0.15) is 43.7 Å². The van der Waals surface area contributed by atoms with E-state index in [-0.39, 0.29) is 11.9 Å². The molecule has 1 aliphatic heterocycles. The fourth-order valence-electron chi connectivity index (χ4n) is 4.27. The summed E-state index contributed by atoms with van der Waals surface area (Å²) in [6.45, 7) is 2.68. The van der Waals surface area contributed by atoms with Crippen molar-refractivity contribution in [3.8, 4) is 0 Å². The maximum atomic E-state index is 12.7. The Kier molecular flexibility index (Phi) is 3.94. The Labute approximate surface area is 131 Å². The number of carbonyl (C=O) groups is 2. The van der Waals surface area contributed by atoms with Crippen LogP contribution in [-0.4, -0.2) is 34.5 Å².